The van der Waals surface area contributed by atoms with Crippen molar-refractivity contribution in [3.05, 3.63) is 41.7 Å². The summed E-state index contributed by atoms with van der Waals surface area (Å²) in [6.07, 6.45) is 7.31. The average Bonchev–Trinajstić information content (AvgIpc) is 2.95. The second-order valence-corrected chi connectivity index (χ2v) is 5.76. The molecule has 3 rings (SSSR count). The van der Waals surface area contributed by atoms with Crippen molar-refractivity contribution in [3.63, 3.8) is 0 Å². The van der Waals surface area contributed by atoms with E-state index in [-0.39, 0.29) is 6.04 Å². The van der Waals surface area contributed by atoms with Crippen LogP contribution in [0.4, 0.5) is 0 Å². The summed E-state index contributed by atoms with van der Waals surface area (Å²) in [4.78, 5) is 13.3. The number of rotatable bonds is 4. The molecule has 1 atom stereocenters. The number of fused-ring (bicyclic) bond motifs is 1. The highest BCUT2D eigenvalue weighted by molar-refractivity contribution is 7.17. The first-order valence-electron chi connectivity index (χ1n) is 6.66. The molecule has 0 aliphatic heterocycles. The highest BCUT2D eigenvalue weighted by Gasteiger charge is 2.06. The van der Waals surface area contributed by atoms with Crippen molar-refractivity contribution in [1.82, 2.24) is 15.0 Å². The monoisotopic (exact) mass is 284 g/mol. The molecule has 102 valence electrons. The van der Waals surface area contributed by atoms with Crippen LogP contribution in [-0.4, -0.2) is 21.0 Å². The third kappa shape index (κ3) is 2.69. The Labute approximate surface area is 121 Å². The second-order valence-electron chi connectivity index (χ2n) is 4.82. The molecule has 3 aromatic heterocycles. The molecule has 3 aromatic rings. The van der Waals surface area contributed by atoms with Gasteiger partial charge in [-0.05, 0) is 35.9 Å². The van der Waals surface area contributed by atoms with E-state index < -0.39 is 0 Å². The fourth-order valence-corrected chi connectivity index (χ4v) is 2.81. The third-order valence-corrected chi connectivity index (χ3v) is 4.14. The van der Waals surface area contributed by atoms with Crippen molar-refractivity contribution in [2.75, 3.05) is 0 Å². The first-order chi connectivity index (χ1) is 9.76. The van der Waals surface area contributed by atoms with Crippen LogP contribution in [0.1, 0.15) is 18.9 Å². The molecule has 0 saturated carbocycles. The minimum Gasteiger partial charge on any atom is -0.327 e. The molecule has 0 bridgehead atoms. The van der Waals surface area contributed by atoms with Crippen molar-refractivity contribution >= 4 is 21.6 Å². The molecule has 20 heavy (non-hydrogen) atoms. The molecule has 0 fully saturated rings. The smallest absolute Gasteiger partial charge is 0.160 e. The maximum absolute atomic E-state index is 5.94. The van der Waals surface area contributed by atoms with Crippen LogP contribution in [0.2, 0.25) is 0 Å². The van der Waals surface area contributed by atoms with Crippen LogP contribution in [0.3, 0.4) is 0 Å². The van der Waals surface area contributed by atoms with E-state index in [0.29, 0.717) is 5.82 Å². The normalized spacial score (nSPS) is 12.7. The predicted octanol–water partition coefficient (Wildman–Crippen LogP) is 3.03. The van der Waals surface area contributed by atoms with Crippen LogP contribution in [0.25, 0.3) is 21.6 Å². The molecule has 0 aliphatic carbocycles. The van der Waals surface area contributed by atoms with Crippen LogP contribution in [0.15, 0.2) is 36.1 Å². The van der Waals surface area contributed by atoms with Crippen molar-refractivity contribution in [3.8, 4) is 11.4 Å². The highest BCUT2D eigenvalue weighted by atomic mass is 32.1. The van der Waals surface area contributed by atoms with Gasteiger partial charge in [-0.3, -0.25) is 4.98 Å². The highest BCUT2D eigenvalue weighted by Crippen LogP contribution is 2.23. The van der Waals surface area contributed by atoms with Crippen LogP contribution < -0.4 is 5.73 Å². The van der Waals surface area contributed by atoms with Gasteiger partial charge in [0.15, 0.2) is 5.82 Å². The van der Waals surface area contributed by atoms with Crippen molar-refractivity contribution in [2.24, 2.45) is 5.73 Å². The fourth-order valence-electron chi connectivity index (χ4n) is 2.03. The summed E-state index contributed by atoms with van der Waals surface area (Å²) in [6.45, 7) is 2.09. The lowest BCUT2D eigenvalue weighted by Gasteiger charge is -2.08. The van der Waals surface area contributed by atoms with Crippen LogP contribution in [0, 0.1) is 0 Å². The van der Waals surface area contributed by atoms with Gasteiger partial charge in [0.25, 0.3) is 0 Å². The van der Waals surface area contributed by atoms with E-state index in [9.17, 15) is 0 Å². The lowest BCUT2D eigenvalue weighted by atomic mass is 10.1. The number of aromatic nitrogens is 3. The van der Waals surface area contributed by atoms with Gasteiger partial charge in [0.1, 0.15) is 0 Å². The van der Waals surface area contributed by atoms with Gasteiger partial charge in [-0.25, -0.2) is 9.97 Å². The molecular formula is C15H16N4S. The van der Waals surface area contributed by atoms with Gasteiger partial charge >= 0.3 is 0 Å². The summed E-state index contributed by atoms with van der Waals surface area (Å²) in [5.74, 6) is 0.710. The van der Waals surface area contributed by atoms with E-state index in [4.69, 9.17) is 5.73 Å². The third-order valence-electron chi connectivity index (χ3n) is 3.29. The van der Waals surface area contributed by atoms with E-state index >= 15 is 0 Å². The van der Waals surface area contributed by atoms with Gasteiger partial charge in [-0.1, -0.05) is 6.92 Å². The Morgan fingerprint density at radius 1 is 1.20 bits per heavy atom. The van der Waals surface area contributed by atoms with E-state index in [1.807, 2.05) is 30.0 Å². The predicted molar refractivity (Wildman–Crippen MR) is 82.6 cm³/mol. The number of nitrogens with two attached hydrogens (primary N) is 1. The summed E-state index contributed by atoms with van der Waals surface area (Å²) in [5, 5.41) is 2.04. The maximum Gasteiger partial charge on any atom is 0.160 e. The Morgan fingerprint density at radius 2 is 2.00 bits per heavy atom. The van der Waals surface area contributed by atoms with E-state index in [1.165, 1.54) is 0 Å². The molecule has 0 aromatic carbocycles. The maximum atomic E-state index is 5.94. The Bertz CT molecular complexity index is 705. The Morgan fingerprint density at radius 3 is 2.75 bits per heavy atom. The zero-order chi connectivity index (χ0) is 13.9. The zero-order valence-corrected chi connectivity index (χ0v) is 12.1. The number of nitrogens with zero attached hydrogens (tertiary/aromatic N) is 3. The molecule has 0 amide bonds. The van der Waals surface area contributed by atoms with Gasteiger partial charge in [0.2, 0.25) is 0 Å². The van der Waals surface area contributed by atoms with Crippen LogP contribution in [-0.2, 0) is 6.42 Å². The standard InChI is InChI=1S/C15H16N4S/c1-2-12(16)5-10-7-18-15(19-8-10)11-6-14-13(17-9-11)3-4-20-14/h3-4,6-9,12H,2,5,16H2,1H3. The minimum atomic E-state index is 0.175. The summed E-state index contributed by atoms with van der Waals surface area (Å²) in [5.41, 5.74) is 8.99. The summed E-state index contributed by atoms with van der Waals surface area (Å²) in [6, 6.07) is 4.27. The lowest BCUT2D eigenvalue weighted by molar-refractivity contribution is 0.643. The minimum absolute atomic E-state index is 0.175. The summed E-state index contributed by atoms with van der Waals surface area (Å²) < 4.78 is 1.16. The molecule has 0 radical (unpaired) electrons. The summed E-state index contributed by atoms with van der Waals surface area (Å²) >= 11 is 1.68. The molecule has 4 nitrogen and oxygen atoms in total. The quantitative estimate of drug-likeness (QED) is 0.799. The lowest BCUT2D eigenvalue weighted by Crippen LogP contribution is -2.21. The Balaban J connectivity index is 1.86. The second kappa shape index (κ2) is 5.64. The Hall–Kier alpha value is -1.85. The molecule has 1 unspecified atom stereocenters. The first kappa shape index (κ1) is 13.1. The fraction of sp³-hybridized carbons (Fsp3) is 0.267. The molecule has 2 N–H and O–H groups in total. The number of hydrogen-bond acceptors (Lipinski definition) is 5. The van der Waals surface area contributed by atoms with E-state index in [1.54, 1.807) is 11.3 Å². The van der Waals surface area contributed by atoms with Gasteiger partial charge in [-0.2, -0.15) is 0 Å². The average molecular weight is 284 g/mol. The number of pyridine rings is 1. The molecule has 5 heteroatoms. The van der Waals surface area contributed by atoms with Crippen molar-refractivity contribution in [2.45, 2.75) is 25.8 Å². The molecular weight excluding hydrogens is 268 g/mol. The van der Waals surface area contributed by atoms with Gasteiger partial charge < -0.3 is 5.73 Å². The van der Waals surface area contributed by atoms with E-state index in [0.717, 1.165) is 34.2 Å². The van der Waals surface area contributed by atoms with Crippen molar-refractivity contribution < 1.29 is 0 Å². The summed E-state index contributed by atoms with van der Waals surface area (Å²) in [7, 11) is 0. The van der Waals surface area contributed by atoms with Gasteiger partial charge in [0.05, 0.1) is 10.2 Å². The molecule has 0 spiro atoms. The van der Waals surface area contributed by atoms with Crippen LogP contribution >= 0.6 is 11.3 Å². The zero-order valence-electron chi connectivity index (χ0n) is 11.3. The van der Waals surface area contributed by atoms with Crippen molar-refractivity contribution in [1.29, 1.82) is 0 Å². The first-order valence-corrected chi connectivity index (χ1v) is 7.54. The molecule has 0 aliphatic rings. The molecule has 3 heterocycles. The number of hydrogen-bond donors (Lipinski definition) is 1. The topological polar surface area (TPSA) is 64.7 Å². The van der Waals surface area contributed by atoms with Gasteiger partial charge in [0, 0.05) is 30.2 Å². The number of thiophene rings is 1. The largest absolute Gasteiger partial charge is 0.327 e. The SMILES string of the molecule is CCC(N)Cc1cnc(-c2cnc3ccsc3c2)nc1. The van der Waals surface area contributed by atoms with E-state index in [2.05, 4.69) is 27.9 Å². The van der Waals surface area contributed by atoms with Gasteiger partial charge in [-0.15, -0.1) is 11.3 Å². The van der Waals surface area contributed by atoms with Crippen LogP contribution in [0.5, 0.6) is 0 Å². The molecule has 0 saturated heterocycles. The Kier molecular flexibility index (Phi) is 3.71.